The van der Waals surface area contributed by atoms with Gasteiger partial charge in [0.05, 0.1) is 5.69 Å². The fourth-order valence-electron chi connectivity index (χ4n) is 2.46. The second-order valence-electron chi connectivity index (χ2n) is 5.80. The van der Waals surface area contributed by atoms with Gasteiger partial charge in [-0.3, -0.25) is 14.6 Å². The number of nitrogens with one attached hydrogen (secondary N) is 1. The molecule has 3 aromatic rings. The zero-order valence-electron chi connectivity index (χ0n) is 14.4. The number of thiazole rings is 1. The first-order valence-corrected chi connectivity index (χ1v) is 9.31. The minimum Gasteiger partial charge on any atom is -0.302 e. The zero-order chi connectivity index (χ0) is 18.4. The lowest BCUT2D eigenvalue weighted by Crippen LogP contribution is -2.13. The van der Waals surface area contributed by atoms with E-state index in [9.17, 15) is 9.59 Å². The Morgan fingerprint density at radius 3 is 2.62 bits per heavy atom. The van der Waals surface area contributed by atoms with Crippen LogP contribution in [-0.2, 0) is 11.2 Å². The van der Waals surface area contributed by atoms with Gasteiger partial charge in [-0.2, -0.15) is 0 Å². The molecule has 3 rings (SSSR count). The van der Waals surface area contributed by atoms with Gasteiger partial charge in [0.15, 0.2) is 10.9 Å². The average molecular weight is 365 g/mol. The van der Waals surface area contributed by atoms with Gasteiger partial charge in [-0.15, -0.1) is 11.3 Å². The quantitative estimate of drug-likeness (QED) is 0.631. The van der Waals surface area contributed by atoms with Crippen LogP contribution in [0.15, 0.2) is 54.2 Å². The van der Waals surface area contributed by atoms with E-state index in [1.807, 2.05) is 41.8 Å². The molecule has 0 aliphatic rings. The summed E-state index contributed by atoms with van der Waals surface area (Å²) in [6.07, 6.45) is 4.68. The lowest BCUT2D eigenvalue weighted by molar-refractivity contribution is -0.116. The first kappa shape index (κ1) is 17.9. The molecule has 0 atom stereocenters. The Labute approximate surface area is 156 Å². The Bertz CT molecular complexity index is 889. The zero-order valence-corrected chi connectivity index (χ0v) is 15.3. The number of aryl methyl sites for hydroxylation is 1. The van der Waals surface area contributed by atoms with E-state index in [4.69, 9.17) is 0 Å². The lowest BCUT2D eigenvalue weighted by atomic mass is 10.0. The number of hydrogen-bond acceptors (Lipinski definition) is 5. The highest BCUT2D eigenvalue weighted by molar-refractivity contribution is 7.14. The molecule has 0 aliphatic heterocycles. The maximum Gasteiger partial charge on any atom is 0.226 e. The average Bonchev–Trinajstić information content (AvgIpc) is 3.15. The summed E-state index contributed by atoms with van der Waals surface area (Å²) in [5.41, 5.74) is 3.50. The number of ketones is 1. The van der Waals surface area contributed by atoms with Crippen LogP contribution in [0.4, 0.5) is 5.13 Å². The van der Waals surface area contributed by atoms with Crippen LogP contribution in [0.25, 0.3) is 11.3 Å². The van der Waals surface area contributed by atoms with E-state index in [2.05, 4.69) is 22.2 Å². The summed E-state index contributed by atoms with van der Waals surface area (Å²) in [4.78, 5) is 32.7. The first-order valence-electron chi connectivity index (χ1n) is 8.43. The SMILES string of the molecule is CCc1ccc(C(=O)CCC(=O)Nc2nc(-c3cccnc3)cs2)cc1. The van der Waals surface area contributed by atoms with Gasteiger partial charge in [0.25, 0.3) is 0 Å². The molecular weight excluding hydrogens is 346 g/mol. The van der Waals surface area contributed by atoms with Crippen LogP contribution >= 0.6 is 11.3 Å². The van der Waals surface area contributed by atoms with Crippen LogP contribution in [0.1, 0.15) is 35.7 Å². The van der Waals surface area contributed by atoms with E-state index in [1.54, 1.807) is 12.4 Å². The fraction of sp³-hybridized carbons (Fsp3) is 0.200. The lowest BCUT2D eigenvalue weighted by Gasteiger charge is -2.03. The molecule has 2 aromatic heterocycles. The van der Waals surface area contributed by atoms with Crippen molar-refractivity contribution in [2.24, 2.45) is 0 Å². The Morgan fingerprint density at radius 2 is 1.92 bits per heavy atom. The summed E-state index contributed by atoms with van der Waals surface area (Å²) >= 11 is 1.35. The molecule has 1 N–H and O–H groups in total. The molecule has 0 spiro atoms. The van der Waals surface area contributed by atoms with Crippen molar-refractivity contribution in [2.75, 3.05) is 5.32 Å². The topological polar surface area (TPSA) is 72.0 Å². The number of carbonyl (C=O) groups is 2. The summed E-state index contributed by atoms with van der Waals surface area (Å²) in [5, 5.41) is 5.14. The van der Waals surface area contributed by atoms with Crippen LogP contribution in [0.5, 0.6) is 0 Å². The maximum absolute atomic E-state index is 12.2. The molecule has 0 aliphatic carbocycles. The van der Waals surface area contributed by atoms with Crippen LogP contribution in [0, 0.1) is 0 Å². The number of amides is 1. The molecule has 6 heteroatoms. The monoisotopic (exact) mass is 365 g/mol. The number of aromatic nitrogens is 2. The summed E-state index contributed by atoms with van der Waals surface area (Å²) in [6, 6.07) is 11.3. The van der Waals surface area contributed by atoms with Crippen molar-refractivity contribution in [3.05, 3.63) is 65.3 Å². The molecule has 5 nitrogen and oxygen atoms in total. The Morgan fingerprint density at radius 1 is 1.12 bits per heavy atom. The second kappa shape index (κ2) is 8.49. The molecule has 26 heavy (non-hydrogen) atoms. The van der Waals surface area contributed by atoms with Crippen molar-refractivity contribution < 1.29 is 9.59 Å². The molecular formula is C20H19N3O2S. The van der Waals surface area contributed by atoms with Gasteiger partial charge in [0.2, 0.25) is 5.91 Å². The molecule has 0 saturated heterocycles. The van der Waals surface area contributed by atoms with E-state index < -0.39 is 0 Å². The van der Waals surface area contributed by atoms with Crippen molar-refractivity contribution in [3.8, 4) is 11.3 Å². The van der Waals surface area contributed by atoms with Crippen molar-refractivity contribution in [1.29, 1.82) is 0 Å². The summed E-state index contributed by atoms with van der Waals surface area (Å²) in [6.45, 7) is 2.07. The standard InChI is InChI=1S/C20H19N3O2S/c1-2-14-5-7-15(8-6-14)18(24)9-10-19(25)23-20-22-17(13-26-20)16-4-3-11-21-12-16/h3-8,11-13H,2,9-10H2,1H3,(H,22,23,25). The Kier molecular flexibility index (Phi) is 5.86. The molecule has 1 aromatic carbocycles. The summed E-state index contributed by atoms with van der Waals surface area (Å²) < 4.78 is 0. The Balaban J connectivity index is 1.52. The molecule has 0 fully saturated rings. The van der Waals surface area contributed by atoms with Crippen molar-refractivity contribution in [1.82, 2.24) is 9.97 Å². The minimum atomic E-state index is -0.212. The number of pyridine rings is 1. The van der Waals surface area contributed by atoms with Crippen LogP contribution in [0.3, 0.4) is 0 Å². The third-order valence-corrected chi connectivity index (χ3v) is 4.73. The summed E-state index contributed by atoms with van der Waals surface area (Å²) in [5.74, 6) is -0.242. The van der Waals surface area contributed by atoms with Gasteiger partial charge in [0.1, 0.15) is 0 Å². The van der Waals surface area contributed by atoms with Crippen molar-refractivity contribution in [3.63, 3.8) is 0 Å². The van der Waals surface area contributed by atoms with Gasteiger partial charge in [-0.1, -0.05) is 31.2 Å². The van der Waals surface area contributed by atoms with Crippen LogP contribution in [0.2, 0.25) is 0 Å². The predicted octanol–water partition coefficient (Wildman–Crippen LogP) is 4.37. The fourth-order valence-corrected chi connectivity index (χ4v) is 3.19. The largest absolute Gasteiger partial charge is 0.302 e. The molecule has 2 heterocycles. The number of Topliss-reactive ketones (excluding diaryl/α,β-unsaturated/α-hetero) is 1. The molecule has 1 amide bonds. The van der Waals surface area contributed by atoms with Crippen molar-refractivity contribution >= 4 is 28.2 Å². The maximum atomic E-state index is 12.2. The number of hydrogen-bond donors (Lipinski definition) is 1. The molecule has 132 valence electrons. The highest BCUT2D eigenvalue weighted by Crippen LogP contribution is 2.24. The second-order valence-corrected chi connectivity index (χ2v) is 6.66. The van der Waals surface area contributed by atoms with Gasteiger partial charge < -0.3 is 5.32 Å². The van der Waals surface area contributed by atoms with Crippen LogP contribution in [-0.4, -0.2) is 21.7 Å². The molecule has 0 bridgehead atoms. The van der Waals surface area contributed by atoms with E-state index in [0.29, 0.717) is 10.7 Å². The highest BCUT2D eigenvalue weighted by Gasteiger charge is 2.12. The third-order valence-electron chi connectivity index (χ3n) is 3.97. The molecule has 0 unspecified atom stereocenters. The van der Waals surface area contributed by atoms with Crippen molar-refractivity contribution in [2.45, 2.75) is 26.2 Å². The van der Waals surface area contributed by atoms with Gasteiger partial charge in [-0.25, -0.2) is 4.98 Å². The van der Waals surface area contributed by atoms with E-state index in [1.165, 1.54) is 16.9 Å². The smallest absolute Gasteiger partial charge is 0.226 e. The van der Waals surface area contributed by atoms with E-state index in [0.717, 1.165) is 17.7 Å². The van der Waals surface area contributed by atoms with Crippen LogP contribution < -0.4 is 5.32 Å². The number of anilines is 1. The summed E-state index contributed by atoms with van der Waals surface area (Å²) in [7, 11) is 0. The van der Waals surface area contributed by atoms with E-state index in [-0.39, 0.29) is 24.5 Å². The predicted molar refractivity (Wildman–Crippen MR) is 103 cm³/mol. The van der Waals surface area contributed by atoms with Gasteiger partial charge in [-0.05, 0) is 24.1 Å². The number of nitrogens with zero attached hydrogens (tertiary/aromatic N) is 2. The highest BCUT2D eigenvalue weighted by atomic mass is 32.1. The van der Waals surface area contributed by atoms with Gasteiger partial charge >= 0.3 is 0 Å². The number of carbonyl (C=O) groups excluding carboxylic acids is 2. The first-order chi connectivity index (χ1) is 12.7. The molecule has 0 radical (unpaired) electrons. The third kappa shape index (κ3) is 4.61. The van der Waals surface area contributed by atoms with Gasteiger partial charge in [0, 0.05) is 41.7 Å². The Hall–Kier alpha value is -2.86. The number of rotatable bonds is 7. The minimum absolute atomic E-state index is 0.0296. The number of benzene rings is 1. The van der Waals surface area contributed by atoms with E-state index >= 15 is 0 Å². The molecule has 0 saturated carbocycles. The normalized spacial score (nSPS) is 10.5.